The minimum atomic E-state index is 0.439. The van der Waals surface area contributed by atoms with E-state index in [9.17, 15) is 0 Å². The smallest absolute Gasteiger partial charge is 0.244 e. The summed E-state index contributed by atoms with van der Waals surface area (Å²) >= 11 is 2.26. The molecule has 1 saturated carbocycles. The highest BCUT2D eigenvalue weighted by Gasteiger charge is 2.49. The number of aryl methyl sites for hydroxylation is 1. The van der Waals surface area contributed by atoms with Gasteiger partial charge in [-0.1, -0.05) is 78.3 Å². The molecule has 0 radical (unpaired) electrons. The Hall–Kier alpha value is -2.13. The van der Waals surface area contributed by atoms with Crippen LogP contribution in [-0.4, -0.2) is 18.5 Å². The van der Waals surface area contributed by atoms with Crippen LogP contribution in [0.25, 0.3) is 6.08 Å². The van der Waals surface area contributed by atoms with Gasteiger partial charge in [-0.15, -0.1) is 11.8 Å². The van der Waals surface area contributed by atoms with Gasteiger partial charge in [-0.3, -0.25) is 0 Å². The lowest BCUT2D eigenvalue weighted by Crippen LogP contribution is -2.58. The molecule has 0 N–H and O–H groups in total. The van der Waals surface area contributed by atoms with Gasteiger partial charge in [0.05, 0.1) is 0 Å². The summed E-state index contributed by atoms with van der Waals surface area (Å²) in [5.74, 6) is 0.736. The van der Waals surface area contributed by atoms with Crippen molar-refractivity contribution < 1.29 is 0 Å². The molecule has 8 rings (SSSR count). The summed E-state index contributed by atoms with van der Waals surface area (Å²) in [5.41, 5.74) is 14.6. The highest BCUT2D eigenvalue weighted by atomic mass is 32.2. The van der Waals surface area contributed by atoms with Crippen molar-refractivity contribution in [1.82, 2.24) is 0 Å². The second kappa shape index (κ2) is 8.20. The largest absolute Gasteiger partial charge is 0.342 e. The normalized spacial score (nSPS) is 26.3. The lowest BCUT2D eigenvalue weighted by molar-refractivity contribution is 0.454. The van der Waals surface area contributed by atoms with Crippen LogP contribution in [0.4, 0.5) is 5.69 Å². The van der Waals surface area contributed by atoms with Crippen LogP contribution in [0, 0.1) is 5.92 Å². The fourth-order valence-electron chi connectivity index (χ4n) is 8.08. The average Bonchev–Trinajstić information content (AvgIpc) is 3.01. The Labute approximate surface area is 214 Å². The summed E-state index contributed by atoms with van der Waals surface area (Å²) in [4.78, 5) is 4.45. The molecule has 2 aromatic rings. The minimum absolute atomic E-state index is 0.439. The van der Waals surface area contributed by atoms with Crippen LogP contribution in [0.3, 0.4) is 0 Å². The van der Waals surface area contributed by atoms with Crippen LogP contribution < -0.4 is 15.8 Å². The number of rotatable bonds is 0. The van der Waals surface area contributed by atoms with E-state index in [1.165, 1.54) is 82.7 Å². The van der Waals surface area contributed by atoms with Gasteiger partial charge in [0.2, 0.25) is 6.71 Å². The zero-order chi connectivity index (χ0) is 22.9. The van der Waals surface area contributed by atoms with Crippen LogP contribution in [-0.2, 0) is 12.8 Å². The molecule has 1 fully saturated rings. The van der Waals surface area contributed by atoms with E-state index in [0.29, 0.717) is 12.0 Å². The van der Waals surface area contributed by atoms with Crippen molar-refractivity contribution in [2.75, 3.05) is 11.4 Å². The van der Waals surface area contributed by atoms with Crippen molar-refractivity contribution >= 4 is 41.2 Å². The molecule has 0 aromatic heterocycles. The molecule has 176 valence electrons. The van der Waals surface area contributed by atoms with Gasteiger partial charge in [-0.25, -0.2) is 0 Å². The van der Waals surface area contributed by atoms with Gasteiger partial charge >= 0.3 is 0 Å². The van der Waals surface area contributed by atoms with E-state index in [-0.39, 0.29) is 0 Å². The molecule has 0 spiro atoms. The average molecular weight is 476 g/mol. The summed E-state index contributed by atoms with van der Waals surface area (Å²) in [6.07, 6.45) is 21.9. The molecule has 0 saturated heterocycles. The maximum atomic E-state index is 2.80. The second-order valence-electron chi connectivity index (χ2n) is 11.5. The Bertz CT molecular complexity index is 1320. The van der Waals surface area contributed by atoms with Crippen molar-refractivity contribution in [3.8, 4) is 0 Å². The van der Waals surface area contributed by atoms with Crippen molar-refractivity contribution in [2.45, 2.75) is 80.8 Å². The molecule has 0 amide bonds. The zero-order valence-corrected chi connectivity index (χ0v) is 21.5. The summed E-state index contributed by atoms with van der Waals surface area (Å²) in [7, 11) is 0. The summed E-state index contributed by atoms with van der Waals surface area (Å²) in [6.45, 7) is 1.62. The van der Waals surface area contributed by atoms with E-state index in [4.69, 9.17) is 0 Å². The number of para-hydroxylation sites is 1. The fourth-order valence-corrected chi connectivity index (χ4v) is 9.88. The number of anilines is 1. The number of thioether (sulfide) groups is 1. The maximum absolute atomic E-state index is 2.80. The maximum Gasteiger partial charge on any atom is 0.244 e. The minimum Gasteiger partial charge on any atom is -0.342 e. The number of benzene rings is 2. The molecule has 3 heterocycles. The Morgan fingerprint density at radius 1 is 0.886 bits per heavy atom. The van der Waals surface area contributed by atoms with Crippen molar-refractivity contribution in [1.29, 1.82) is 0 Å². The molecule has 1 nitrogen and oxygen atoms in total. The standard InChI is InChI=1S/C32H34BNS/c1-2-8-19-34-28-20-23-12-5-7-15-25(23)32-29(28)33(26-16-9-13-22(11-3-1)30(26)34)27-18-17-21-10-4-6-14-24(21)31(27)35-32/h4,9-10,13,16-18,20,25,32H,1-3,5-8,11-12,14-15,19H2. The third kappa shape index (κ3) is 3.09. The molecule has 35 heavy (non-hydrogen) atoms. The van der Waals surface area contributed by atoms with Crippen molar-refractivity contribution in [3.05, 3.63) is 75.9 Å². The van der Waals surface area contributed by atoms with Crippen LogP contribution in [0.5, 0.6) is 0 Å². The van der Waals surface area contributed by atoms with Crippen LogP contribution in [0.15, 0.2) is 64.1 Å². The van der Waals surface area contributed by atoms with E-state index in [1.54, 1.807) is 49.4 Å². The Morgan fingerprint density at radius 3 is 2.83 bits per heavy atom. The Balaban J connectivity index is 1.42. The first kappa shape index (κ1) is 21.0. The highest BCUT2D eigenvalue weighted by molar-refractivity contribution is 8.00. The van der Waals surface area contributed by atoms with E-state index in [2.05, 4.69) is 65.2 Å². The first-order chi connectivity index (χ1) is 17.4. The summed E-state index contributed by atoms with van der Waals surface area (Å²) < 4.78 is 0. The molecule has 0 bridgehead atoms. The molecule has 2 aromatic carbocycles. The van der Waals surface area contributed by atoms with E-state index in [1.807, 2.05) is 0 Å². The molecule has 2 atom stereocenters. The van der Waals surface area contributed by atoms with Crippen molar-refractivity contribution in [2.24, 2.45) is 5.92 Å². The topological polar surface area (TPSA) is 3.24 Å². The van der Waals surface area contributed by atoms with E-state index >= 15 is 0 Å². The van der Waals surface area contributed by atoms with Gasteiger partial charge in [0.1, 0.15) is 0 Å². The monoisotopic (exact) mass is 475 g/mol. The number of nitrogens with zero attached hydrogens (tertiary/aromatic N) is 1. The van der Waals surface area contributed by atoms with Crippen LogP contribution in [0.2, 0.25) is 0 Å². The van der Waals surface area contributed by atoms with Gasteiger partial charge in [0, 0.05) is 28.1 Å². The lowest BCUT2D eigenvalue weighted by Gasteiger charge is -2.50. The predicted octanol–water partition coefficient (Wildman–Crippen LogP) is 6.59. The number of hydrogen-bond donors (Lipinski definition) is 0. The van der Waals surface area contributed by atoms with Crippen LogP contribution in [0.1, 0.15) is 74.5 Å². The molecule has 3 heteroatoms. The van der Waals surface area contributed by atoms with Crippen molar-refractivity contribution in [3.63, 3.8) is 0 Å². The molecule has 3 aliphatic heterocycles. The first-order valence-electron chi connectivity index (χ1n) is 14.2. The third-order valence-electron chi connectivity index (χ3n) is 9.65. The SMILES string of the molecule is C1=Cc2ccc3c(c2CC1)SC1C2=C(C=C4CCCCC41)N1CCCCCCc4cccc(c41)B23. The molecular formula is C32H34BNS. The summed E-state index contributed by atoms with van der Waals surface area (Å²) in [6, 6.07) is 12.2. The molecule has 3 aliphatic carbocycles. The van der Waals surface area contributed by atoms with Gasteiger partial charge in [0.25, 0.3) is 0 Å². The first-order valence-corrected chi connectivity index (χ1v) is 15.1. The van der Waals surface area contributed by atoms with E-state index < -0.39 is 0 Å². The lowest BCUT2D eigenvalue weighted by atomic mass is 9.32. The quantitative estimate of drug-likeness (QED) is 0.396. The van der Waals surface area contributed by atoms with Gasteiger partial charge < -0.3 is 4.90 Å². The Morgan fingerprint density at radius 2 is 1.83 bits per heavy atom. The number of hydrogen-bond acceptors (Lipinski definition) is 2. The number of allylic oxidation sites excluding steroid dienone is 3. The highest BCUT2D eigenvalue weighted by Crippen LogP contribution is 2.53. The van der Waals surface area contributed by atoms with Gasteiger partial charge in [0.15, 0.2) is 0 Å². The van der Waals surface area contributed by atoms with Gasteiger partial charge in [-0.05, 0) is 85.5 Å². The molecule has 2 unspecified atom stereocenters. The number of fused-ring (bicyclic) bond motifs is 8. The second-order valence-corrected chi connectivity index (χ2v) is 12.7. The van der Waals surface area contributed by atoms with E-state index in [0.717, 1.165) is 5.92 Å². The fraction of sp³-hybridized carbons (Fsp3) is 0.438. The van der Waals surface area contributed by atoms with Crippen LogP contribution >= 0.6 is 11.8 Å². The molecular weight excluding hydrogens is 441 g/mol. The summed E-state index contributed by atoms with van der Waals surface area (Å²) in [5, 5.41) is 0.615. The predicted molar refractivity (Wildman–Crippen MR) is 151 cm³/mol. The van der Waals surface area contributed by atoms with Gasteiger partial charge in [-0.2, -0.15) is 0 Å². The third-order valence-corrected chi connectivity index (χ3v) is 11.2. The molecule has 6 aliphatic rings. The zero-order valence-electron chi connectivity index (χ0n) is 20.7. The Kier molecular flexibility index (Phi) is 4.92.